The molecule has 0 aliphatic carbocycles. The third kappa shape index (κ3) is 2.72. The first kappa shape index (κ1) is 12.6. The lowest BCUT2D eigenvalue weighted by Crippen LogP contribution is -1.85. The van der Waals surface area contributed by atoms with Crippen molar-refractivity contribution >= 4 is 27.3 Å². The first-order valence-corrected chi connectivity index (χ1v) is 7.09. The van der Waals surface area contributed by atoms with Crippen molar-refractivity contribution in [2.45, 2.75) is 25.1 Å². The Morgan fingerprint density at radius 1 is 1.41 bits per heavy atom. The number of hydrogen-bond acceptors (Lipinski definition) is 3. The molecule has 0 saturated heterocycles. The number of rotatable bonds is 3. The van der Waals surface area contributed by atoms with Crippen molar-refractivity contribution in [1.82, 2.24) is 10.2 Å². The van der Waals surface area contributed by atoms with E-state index in [1.165, 1.54) is 23.5 Å². The molecule has 90 valence electrons. The molecule has 0 amide bonds. The van der Waals surface area contributed by atoms with E-state index in [-0.39, 0.29) is 10.6 Å². The summed E-state index contributed by atoms with van der Waals surface area (Å²) in [6, 6.07) is 4.73. The second kappa shape index (κ2) is 5.23. The molecule has 2 nitrogen and oxygen atoms in total. The van der Waals surface area contributed by atoms with Crippen molar-refractivity contribution in [1.29, 1.82) is 0 Å². The average Bonchev–Trinajstić information content (AvgIpc) is 2.80. The van der Waals surface area contributed by atoms with Crippen LogP contribution in [0, 0.1) is 12.7 Å². The van der Waals surface area contributed by atoms with Gasteiger partial charge in [0.05, 0.1) is 4.83 Å². The van der Waals surface area contributed by atoms with Crippen LogP contribution in [0.5, 0.6) is 0 Å². The zero-order valence-electron chi connectivity index (χ0n) is 9.58. The molecule has 0 bridgehead atoms. The van der Waals surface area contributed by atoms with Gasteiger partial charge in [0.1, 0.15) is 15.8 Å². The minimum Gasteiger partial charge on any atom is -0.207 e. The van der Waals surface area contributed by atoms with E-state index in [1.54, 1.807) is 6.07 Å². The Hall–Kier alpha value is -0.810. The topological polar surface area (TPSA) is 25.8 Å². The van der Waals surface area contributed by atoms with E-state index in [2.05, 4.69) is 33.1 Å². The number of aryl methyl sites for hydroxylation is 1. The van der Waals surface area contributed by atoms with Crippen LogP contribution in [-0.4, -0.2) is 10.2 Å². The molecule has 1 heterocycles. The lowest BCUT2D eigenvalue weighted by atomic mass is 10.1. The summed E-state index contributed by atoms with van der Waals surface area (Å²) in [5, 5.41) is 9.97. The van der Waals surface area contributed by atoms with Crippen molar-refractivity contribution < 1.29 is 4.39 Å². The van der Waals surface area contributed by atoms with Crippen molar-refractivity contribution in [3.63, 3.8) is 0 Å². The second-order valence-corrected chi connectivity index (χ2v) is 5.89. The Bertz CT molecular complexity index is 527. The van der Waals surface area contributed by atoms with E-state index in [9.17, 15) is 4.39 Å². The predicted octanol–water partition coefficient (Wildman–Crippen LogP) is 4.50. The molecule has 1 aromatic heterocycles. The molecule has 1 aromatic carbocycles. The van der Waals surface area contributed by atoms with Crippen LogP contribution in [-0.2, 0) is 0 Å². The molecular formula is C12H12BrFN2S. The Kier molecular flexibility index (Phi) is 3.89. The number of benzene rings is 1. The fraction of sp³-hybridized carbons (Fsp3) is 0.333. The molecule has 17 heavy (non-hydrogen) atoms. The second-order valence-electron chi connectivity index (χ2n) is 3.78. The maximum atomic E-state index is 13.2. The van der Waals surface area contributed by atoms with Crippen LogP contribution in [0.1, 0.15) is 28.7 Å². The number of aromatic nitrogens is 2. The molecular weight excluding hydrogens is 303 g/mol. The summed E-state index contributed by atoms with van der Waals surface area (Å²) >= 11 is 5.04. The molecule has 0 aliphatic rings. The number of nitrogens with zero attached hydrogens (tertiary/aromatic N) is 2. The fourth-order valence-electron chi connectivity index (χ4n) is 1.47. The third-order valence-electron chi connectivity index (χ3n) is 2.50. The van der Waals surface area contributed by atoms with Gasteiger partial charge in [0.25, 0.3) is 0 Å². The maximum absolute atomic E-state index is 13.2. The van der Waals surface area contributed by atoms with Crippen LogP contribution < -0.4 is 0 Å². The van der Waals surface area contributed by atoms with E-state index in [1.807, 2.05) is 6.92 Å². The Morgan fingerprint density at radius 3 is 2.88 bits per heavy atom. The van der Waals surface area contributed by atoms with E-state index >= 15 is 0 Å². The average molecular weight is 315 g/mol. The Balaban J connectivity index is 2.40. The van der Waals surface area contributed by atoms with Gasteiger partial charge in [0, 0.05) is 5.56 Å². The summed E-state index contributed by atoms with van der Waals surface area (Å²) < 4.78 is 13.2. The molecule has 0 fully saturated rings. The van der Waals surface area contributed by atoms with Gasteiger partial charge in [0.2, 0.25) is 0 Å². The van der Waals surface area contributed by atoms with Gasteiger partial charge in [-0.15, -0.1) is 10.2 Å². The Labute approximate surface area is 112 Å². The minimum absolute atomic E-state index is 0.225. The standard InChI is InChI=1S/C12H12BrFN2S/c1-3-10(13)12-16-15-11(17-12)9-6-8(14)5-4-7(9)2/h4-6,10H,3H2,1-2H3. The van der Waals surface area contributed by atoms with Crippen LogP contribution in [0.15, 0.2) is 18.2 Å². The summed E-state index contributed by atoms with van der Waals surface area (Å²) in [6.45, 7) is 4.02. The SMILES string of the molecule is CCC(Br)c1nnc(-c2cc(F)ccc2C)s1. The molecule has 0 radical (unpaired) electrons. The lowest BCUT2D eigenvalue weighted by Gasteiger charge is -2.01. The van der Waals surface area contributed by atoms with Crippen LogP contribution in [0.3, 0.4) is 0 Å². The van der Waals surface area contributed by atoms with Crippen LogP contribution >= 0.6 is 27.3 Å². The quantitative estimate of drug-likeness (QED) is 0.780. The molecule has 0 N–H and O–H groups in total. The summed E-state index contributed by atoms with van der Waals surface area (Å²) in [7, 11) is 0. The van der Waals surface area contributed by atoms with E-state index in [0.717, 1.165) is 27.6 Å². The predicted molar refractivity (Wildman–Crippen MR) is 72.0 cm³/mol. The van der Waals surface area contributed by atoms with Crippen molar-refractivity contribution in [3.8, 4) is 10.6 Å². The van der Waals surface area contributed by atoms with Crippen molar-refractivity contribution in [3.05, 3.63) is 34.6 Å². The van der Waals surface area contributed by atoms with E-state index in [0.29, 0.717) is 0 Å². The highest BCUT2D eigenvalue weighted by molar-refractivity contribution is 9.09. The van der Waals surface area contributed by atoms with Gasteiger partial charge in [-0.2, -0.15) is 0 Å². The molecule has 5 heteroatoms. The highest BCUT2D eigenvalue weighted by atomic mass is 79.9. The van der Waals surface area contributed by atoms with Gasteiger partial charge in [0.15, 0.2) is 0 Å². The molecule has 2 aromatic rings. The summed E-state index contributed by atoms with van der Waals surface area (Å²) in [5.41, 5.74) is 1.83. The third-order valence-corrected chi connectivity index (χ3v) is 4.95. The fourth-order valence-corrected chi connectivity index (χ4v) is 2.83. The molecule has 0 saturated carbocycles. The van der Waals surface area contributed by atoms with Gasteiger partial charge < -0.3 is 0 Å². The first-order valence-electron chi connectivity index (χ1n) is 5.35. The molecule has 0 spiro atoms. The van der Waals surface area contributed by atoms with Gasteiger partial charge in [-0.25, -0.2) is 4.39 Å². The molecule has 2 rings (SSSR count). The maximum Gasteiger partial charge on any atom is 0.148 e. The van der Waals surface area contributed by atoms with Crippen LogP contribution in [0.4, 0.5) is 4.39 Å². The zero-order valence-corrected chi connectivity index (χ0v) is 12.0. The van der Waals surface area contributed by atoms with Crippen LogP contribution in [0.25, 0.3) is 10.6 Å². The van der Waals surface area contributed by atoms with Gasteiger partial charge in [-0.3, -0.25) is 0 Å². The highest BCUT2D eigenvalue weighted by Gasteiger charge is 2.14. The minimum atomic E-state index is -0.242. The van der Waals surface area contributed by atoms with Crippen molar-refractivity contribution in [2.75, 3.05) is 0 Å². The van der Waals surface area contributed by atoms with Gasteiger partial charge >= 0.3 is 0 Å². The number of halogens is 2. The molecule has 1 unspecified atom stereocenters. The number of hydrogen-bond donors (Lipinski definition) is 0. The Morgan fingerprint density at radius 2 is 2.18 bits per heavy atom. The summed E-state index contributed by atoms with van der Waals surface area (Å²) in [6.07, 6.45) is 0.955. The summed E-state index contributed by atoms with van der Waals surface area (Å²) in [5.74, 6) is -0.242. The van der Waals surface area contributed by atoms with Gasteiger partial charge in [-0.05, 0) is 31.0 Å². The first-order chi connectivity index (χ1) is 8.11. The zero-order chi connectivity index (χ0) is 12.4. The van der Waals surface area contributed by atoms with Crippen LogP contribution in [0.2, 0.25) is 0 Å². The van der Waals surface area contributed by atoms with E-state index in [4.69, 9.17) is 0 Å². The monoisotopic (exact) mass is 314 g/mol. The largest absolute Gasteiger partial charge is 0.207 e. The summed E-state index contributed by atoms with van der Waals surface area (Å²) in [4.78, 5) is 0.225. The van der Waals surface area contributed by atoms with Gasteiger partial charge in [-0.1, -0.05) is 40.3 Å². The normalized spacial score (nSPS) is 12.7. The number of alkyl halides is 1. The van der Waals surface area contributed by atoms with Crippen molar-refractivity contribution in [2.24, 2.45) is 0 Å². The molecule has 1 atom stereocenters. The lowest BCUT2D eigenvalue weighted by molar-refractivity contribution is 0.628. The molecule has 0 aliphatic heterocycles. The van der Waals surface area contributed by atoms with E-state index < -0.39 is 0 Å². The highest BCUT2D eigenvalue weighted by Crippen LogP contribution is 2.33. The smallest absolute Gasteiger partial charge is 0.148 e.